The maximum Gasteiger partial charge on any atom is 0.349 e. The number of hydrogen-bond donors (Lipinski definition) is 2. The molecule has 4 aliphatic carbocycles. The molecule has 0 saturated heterocycles. The Hall–Kier alpha value is -3.04. The topological polar surface area (TPSA) is 148 Å². The highest BCUT2D eigenvalue weighted by atomic mass is 79.9. The van der Waals surface area contributed by atoms with E-state index >= 15 is 0 Å². The van der Waals surface area contributed by atoms with Gasteiger partial charge in [0.05, 0.1) is 12.2 Å². The van der Waals surface area contributed by atoms with Gasteiger partial charge in [0, 0.05) is 25.9 Å². The van der Waals surface area contributed by atoms with Crippen molar-refractivity contribution < 1.29 is 47.6 Å². The lowest BCUT2D eigenvalue weighted by Crippen LogP contribution is -2.40. The molecule has 12 nitrogen and oxygen atoms in total. The van der Waals surface area contributed by atoms with Crippen molar-refractivity contribution >= 4 is 55.7 Å². The van der Waals surface area contributed by atoms with Gasteiger partial charge in [-0.25, -0.2) is 9.59 Å². The van der Waals surface area contributed by atoms with Gasteiger partial charge < -0.3 is 39.1 Å². The molecule has 2 aliphatic heterocycles. The number of nitrogens with one attached hydrogen (secondary N) is 2. The summed E-state index contributed by atoms with van der Waals surface area (Å²) in [5, 5.41) is 6.43. The van der Waals surface area contributed by atoms with E-state index in [2.05, 4.69) is 108 Å². The Morgan fingerprint density at radius 2 is 1.09 bits per heavy atom. The molecule has 0 aromatic heterocycles. The maximum atomic E-state index is 12.3. The first-order valence-corrected chi connectivity index (χ1v) is 21.3. The molecular weight excluding hydrogens is 852 g/mol. The minimum absolute atomic E-state index is 0.00392. The number of hydrogen-bond acceptors (Lipinski definition) is 12. The third kappa shape index (κ3) is 8.28. The first-order valence-electron chi connectivity index (χ1n) is 19.8. The highest BCUT2D eigenvalue weighted by Gasteiger charge is 2.64. The third-order valence-corrected chi connectivity index (χ3v) is 15.8. The van der Waals surface area contributed by atoms with E-state index in [4.69, 9.17) is 28.4 Å². The fourth-order valence-corrected chi connectivity index (χ4v) is 10.6. The molecule has 2 heterocycles. The number of carbonyl (C=O) groups excluding carboxylic acids is 4. The van der Waals surface area contributed by atoms with Crippen LogP contribution in [0.2, 0.25) is 0 Å². The van der Waals surface area contributed by atoms with E-state index in [0.717, 1.165) is 25.7 Å². The molecule has 0 amide bonds. The zero-order valence-corrected chi connectivity index (χ0v) is 36.4. The Labute approximate surface area is 346 Å². The number of fused-ring (bicyclic) bond motifs is 4. The monoisotopic (exact) mass is 904 g/mol. The summed E-state index contributed by atoms with van der Waals surface area (Å²) in [6.07, 6.45) is 6.09. The molecule has 6 aliphatic rings. The van der Waals surface area contributed by atoms with Crippen LogP contribution in [0, 0.1) is 57.2 Å². The molecule has 8 atom stereocenters. The summed E-state index contributed by atoms with van der Waals surface area (Å²) in [4.78, 5) is 49.1. The van der Waals surface area contributed by atoms with Crippen LogP contribution in [0.3, 0.4) is 0 Å². The van der Waals surface area contributed by atoms with Crippen molar-refractivity contribution in [2.45, 2.75) is 131 Å². The van der Waals surface area contributed by atoms with Gasteiger partial charge in [-0.2, -0.15) is 0 Å². The predicted octanol–water partition coefficient (Wildman–Crippen LogP) is 6.26. The first kappa shape index (κ1) is 42.6. The van der Waals surface area contributed by atoms with Gasteiger partial charge in [-0.15, -0.1) is 0 Å². The Morgan fingerprint density at radius 3 is 1.43 bits per heavy atom. The zero-order chi connectivity index (χ0) is 40.5. The van der Waals surface area contributed by atoms with Crippen LogP contribution in [0.1, 0.15) is 106 Å². The van der Waals surface area contributed by atoms with Crippen molar-refractivity contribution in [3.05, 3.63) is 20.4 Å². The molecule has 0 spiro atoms. The smallest absolute Gasteiger partial charge is 0.349 e. The Balaban J connectivity index is 0.814. The summed E-state index contributed by atoms with van der Waals surface area (Å²) in [7, 11) is 0. The average molecular weight is 907 g/mol. The van der Waals surface area contributed by atoms with Crippen LogP contribution in [-0.2, 0) is 47.6 Å². The molecule has 56 heavy (non-hydrogen) atoms. The predicted molar refractivity (Wildman–Crippen MR) is 212 cm³/mol. The van der Waals surface area contributed by atoms with Gasteiger partial charge >= 0.3 is 23.9 Å². The molecule has 14 heteroatoms. The molecule has 4 fully saturated rings. The fourth-order valence-electron chi connectivity index (χ4n) is 9.78. The number of esters is 4. The highest BCUT2D eigenvalue weighted by Crippen LogP contribution is 2.67. The van der Waals surface area contributed by atoms with Crippen LogP contribution in [0.25, 0.3) is 0 Å². The zero-order valence-electron chi connectivity index (χ0n) is 33.2. The van der Waals surface area contributed by atoms with Crippen molar-refractivity contribution in [1.82, 2.24) is 10.6 Å². The molecule has 0 aromatic carbocycles. The third-order valence-electron chi connectivity index (χ3n) is 14.3. The van der Waals surface area contributed by atoms with Gasteiger partial charge in [-0.3, -0.25) is 9.59 Å². The van der Waals surface area contributed by atoms with E-state index in [1.165, 1.54) is 12.8 Å². The molecule has 4 saturated carbocycles. The van der Waals surface area contributed by atoms with E-state index in [1.807, 2.05) is 0 Å². The van der Waals surface area contributed by atoms with Crippen molar-refractivity contribution in [3.8, 4) is 23.7 Å². The lowest BCUT2D eigenvalue weighted by Gasteiger charge is -2.39. The van der Waals surface area contributed by atoms with Gasteiger partial charge in [0.25, 0.3) is 0 Å². The molecular formula is C42H54Br2N2O10. The van der Waals surface area contributed by atoms with E-state index in [-0.39, 0.29) is 59.9 Å². The Kier molecular flexibility index (Phi) is 13.0. The van der Waals surface area contributed by atoms with Gasteiger partial charge in [0.1, 0.15) is 20.4 Å². The first-order chi connectivity index (χ1) is 26.5. The van der Waals surface area contributed by atoms with Crippen molar-refractivity contribution in [2.24, 2.45) is 33.5 Å². The largest absolute Gasteiger partial charge is 0.452 e. The number of halogens is 2. The molecule has 306 valence electrons. The normalized spacial score (nSPS) is 33.1. The second-order valence-corrected chi connectivity index (χ2v) is 19.0. The van der Waals surface area contributed by atoms with Gasteiger partial charge in [0.2, 0.25) is 12.6 Å². The maximum absolute atomic E-state index is 12.3. The van der Waals surface area contributed by atoms with Crippen LogP contribution < -0.4 is 10.6 Å². The van der Waals surface area contributed by atoms with E-state index in [1.54, 1.807) is 0 Å². The minimum atomic E-state index is -0.808. The summed E-state index contributed by atoms with van der Waals surface area (Å²) >= 11 is 6.67. The summed E-state index contributed by atoms with van der Waals surface area (Å²) in [6.45, 7) is 14.4. The van der Waals surface area contributed by atoms with Crippen LogP contribution in [0.4, 0.5) is 0 Å². The van der Waals surface area contributed by atoms with Crippen molar-refractivity contribution in [3.63, 3.8) is 0 Å². The lowest BCUT2D eigenvalue weighted by molar-refractivity contribution is -0.184. The molecule has 6 rings (SSSR count). The van der Waals surface area contributed by atoms with Crippen LogP contribution in [-0.4, -0.2) is 75.0 Å². The summed E-state index contributed by atoms with van der Waals surface area (Å²) in [6, 6.07) is 0. The number of carbonyl (C=O) groups is 4. The van der Waals surface area contributed by atoms with Crippen LogP contribution in [0.5, 0.6) is 0 Å². The highest BCUT2D eigenvalue weighted by molar-refractivity contribution is 9.12. The molecule has 0 unspecified atom stereocenters. The average Bonchev–Trinajstić information content (AvgIpc) is 3.83. The summed E-state index contributed by atoms with van der Waals surface area (Å²) < 4.78 is 34.8. The van der Waals surface area contributed by atoms with Crippen LogP contribution in [0.15, 0.2) is 20.4 Å². The SMILES string of the molecule is CC1(C)[C@H]2CC[C@]1(C)[C@H](O[C@H]1OC(=O)C(Br)=C1NCCCC(=O)OCC#CC#CCOC(=O)CCCNC1=C(Br)C(=O)O[C@@H]1O[C@@H]1C[C@@H]3CC[C@@]1(C)C3(C)C)C2. The van der Waals surface area contributed by atoms with Gasteiger partial charge in [-0.05, 0) is 140 Å². The lowest BCUT2D eigenvalue weighted by atomic mass is 9.70. The molecule has 0 aromatic rings. The summed E-state index contributed by atoms with van der Waals surface area (Å²) in [5.41, 5.74) is 1.47. The molecule has 4 bridgehead atoms. The van der Waals surface area contributed by atoms with E-state index in [0.29, 0.717) is 58.1 Å². The quantitative estimate of drug-likeness (QED) is 0.0780. The van der Waals surface area contributed by atoms with E-state index < -0.39 is 36.5 Å². The second kappa shape index (κ2) is 17.1. The standard InChI is InChI=1S/C42H54Br2N2O10/c1-39(2)25-15-17-41(39,5)27(23-25)53-37-33(31(43)35(49)55-37)45-19-11-13-29(47)51-21-9-7-8-10-22-52-30(48)14-12-20-46-34-32(44)36(50)56-38(34)54-28-24-26-16-18-42(28,6)40(26,3)4/h25-28,37-38,45-46H,11-24H2,1-6H3/t25-,26-,27+,28+,37-,38-,41+,42+/m0/s1. The molecule has 0 radical (unpaired) electrons. The Morgan fingerprint density at radius 1 is 0.696 bits per heavy atom. The van der Waals surface area contributed by atoms with Crippen LogP contribution >= 0.6 is 31.9 Å². The fraction of sp³-hybridized carbons (Fsp3) is 0.714. The van der Waals surface area contributed by atoms with Gasteiger partial charge in [-0.1, -0.05) is 41.5 Å². The second-order valence-electron chi connectivity index (χ2n) is 17.4. The van der Waals surface area contributed by atoms with E-state index in [9.17, 15) is 19.2 Å². The van der Waals surface area contributed by atoms with Gasteiger partial charge in [0.15, 0.2) is 13.2 Å². The van der Waals surface area contributed by atoms with Crippen molar-refractivity contribution in [1.29, 1.82) is 0 Å². The van der Waals surface area contributed by atoms with Crippen molar-refractivity contribution in [2.75, 3.05) is 26.3 Å². The number of ether oxygens (including phenoxy) is 6. The molecule has 2 N–H and O–H groups in total. The number of cyclic esters (lactones) is 2. The number of rotatable bonds is 16. The minimum Gasteiger partial charge on any atom is -0.452 e. The summed E-state index contributed by atoms with van der Waals surface area (Å²) in [5.74, 6) is 9.90. The Bertz CT molecular complexity index is 1660.